The fourth-order valence-corrected chi connectivity index (χ4v) is 6.75. The normalized spacial score (nSPS) is 30.8. The van der Waals surface area contributed by atoms with E-state index in [1.54, 1.807) is 13.2 Å². The molecule has 0 unspecified atom stereocenters. The zero-order valence-corrected chi connectivity index (χ0v) is 19.9. The van der Waals surface area contributed by atoms with E-state index in [4.69, 9.17) is 14.7 Å². The van der Waals surface area contributed by atoms with Gasteiger partial charge in [-0.05, 0) is 46.0 Å². The van der Waals surface area contributed by atoms with Crippen molar-refractivity contribution >= 4 is 22.5 Å². The number of hydrogen-bond acceptors (Lipinski definition) is 7. The molecule has 2 atom stereocenters. The summed E-state index contributed by atoms with van der Waals surface area (Å²) >= 11 is 1.17. The van der Waals surface area contributed by atoms with E-state index in [1.165, 1.54) is 15.9 Å². The van der Waals surface area contributed by atoms with Gasteiger partial charge in [0.1, 0.15) is 11.3 Å². The summed E-state index contributed by atoms with van der Waals surface area (Å²) in [5, 5.41) is 0. The first-order chi connectivity index (χ1) is 16.0. The molecule has 4 heterocycles. The maximum Gasteiger partial charge on any atom is 0.394 e. The molecule has 1 saturated heterocycles. The molecule has 0 spiro atoms. The van der Waals surface area contributed by atoms with Crippen LogP contribution < -0.4 is 4.87 Å². The zero-order chi connectivity index (χ0) is 24.0. The highest BCUT2D eigenvalue weighted by Crippen LogP contribution is 2.78. The molecule has 2 bridgehead atoms. The molecule has 3 aromatic rings. The Morgan fingerprint density at radius 2 is 1.82 bits per heavy atom. The van der Waals surface area contributed by atoms with E-state index in [0.29, 0.717) is 42.1 Å². The molecule has 11 heteroatoms. The Morgan fingerprint density at radius 3 is 2.47 bits per heavy atom. The second kappa shape index (κ2) is 7.07. The third kappa shape index (κ3) is 3.08. The molecule has 0 N–H and O–H groups in total. The molecule has 7 nitrogen and oxygen atoms in total. The van der Waals surface area contributed by atoms with Crippen LogP contribution in [0, 0.1) is 19.3 Å². The average Bonchev–Trinajstić information content (AvgIpc) is 3.04. The van der Waals surface area contributed by atoms with Crippen LogP contribution in [-0.2, 0) is 17.2 Å². The lowest BCUT2D eigenvalue weighted by atomic mass is 9.34. The van der Waals surface area contributed by atoms with Crippen molar-refractivity contribution in [3.8, 4) is 0 Å². The molecule has 0 aromatic carbocycles. The Bertz CT molecular complexity index is 1360. The smallest absolute Gasteiger partial charge is 0.373 e. The molecule has 180 valence electrons. The summed E-state index contributed by atoms with van der Waals surface area (Å²) in [5.41, 5.74) is 0.867. The topological polar surface area (TPSA) is 82.8 Å². The number of rotatable bonds is 3. The van der Waals surface area contributed by atoms with Crippen LogP contribution in [0.5, 0.6) is 0 Å². The quantitative estimate of drug-likeness (QED) is 0.540. The molecule has 3 aliphatic carbocycles. The minimum Gasteiger partial charge on any atom is -0.373 e. The van der Waals surface area contributed by atoms with E-state index >= 15 is 0 Å². The fraction of sp³-hybridized carbons (Fsp3) is 0.609. The number of aryl methyl sites for hydroxylation is 3. The number of alkyl halides is 3. The second-order valence-corrected chi connectivity index (χ2v) is 11.2. The van der Waals surface area contributed by atoms with Crippen LogP contribution in [0.15, 0.2) is 11.0 Å². The van der Waals surface area contributed by atoms with Crippen molar-refractivity contribution in [2.45, 2.75) is 69.6 Å². The van der Waals surface area contributed by atoms with Gasteiger partial charge in [-0.3, -0.25) is 4.79 Å². The summed E-state index contributed by atoms with van der Waals surface area (Å²) in [7, 11) is 1.71. The molecular weight excluding hydrogens is 467 g/mol. The first kappa shape index (κ1) is 22.1. The molecule has 3 saturated carbocycles. The number of nitrogens with zero attached hydrogens (tertiary/aromatic N) is 5. The Balaban J connectivity index is 1.39. The van der Waals surface area contributed by atoms with Gasteiger partial charge in [-0.2, -0.15) is 13.2 Å². The Hall–Kier alpha value is -2.40. The van der Waals surface area contributed by atoms with Gasteiger partial charge < -0.3 is 9.30 Å². The first-order valence-corrected chi connectivity index (χ1v) is 12.2. The van der Waals surface area contributed by atoms with Gasteiger partial charge in [-0.15, -0.1) is 0 Å². The molecule has 1 aliphatic heterocycles. The van der Waals surface area contributed by atoms with Gasteiger partial charge in [0.15, 0.2) is 5.65 Å². The zero-order valence-electron chi connectivity index (χ0n) is 19.1. The number of halogens is 3. The van der Waals surface area contributed by atoms with Gasteiger partial charge in [0, 0.05) is 31.2 Å². The number of thiazole rings is 1. The van der Waals surface area contributed by atoms with E-state index in [2.05, 4.69) is 9.97 Å². The Labute approximate surface area is 197 Å². The van der Waals surface area contributed by atoms with Crippen molar-refractivity contribution < 1.29 is 17.9 Å². The summed E-state index contributed by atoms with van der Waals surface area (Å²) in [6, 6.07) is 0. The highest BCUT2D eigenvalue weighted by Gasteiger charge is 2.79. The maximum absolute atomic E-state index is 13.5. The van der Waals surface area contributed by atoms with Gasteiger partial charge in [0.2, 0.25) is 0 Å². The van der Waals surface area contributed by atoms with E-state index in [-0.39, 0.29) is 36.2 Å². The van der Waals surface area contributed by atoms with Crippen molar-refractivity contribution in [2.24, 2.45) is 12.5 Å². The summed E-state index contributed by atoms with van der Waals surface area (Å²) in [4.78, 5) is 31.7. The van der Waals surface area contributed by atoms with Gasteiger partial charge in [-0.25, -0.2) is 19.9 Å². The van der Waals surface area contributed by atoms with E-state index < -0.39 is 17.0 Å². The van der Waals surface area contributed by atoms with Crippen molar-refractivity contribution in [1.29, 1.82) is 0 Å². The van der Waals surface area contributed by atoms with Gasteiger partial charge in [0.25, 0.3) is 0 Å². The summed E-state index contributed by atoms with van der Waals surface area (Å²) < 4.78 is 48.1. The molecule has 0 amide bonds. The van der Waals surface area contributed by atoms with Crippen LogP contribution in [0.3, 0.4) is 0 Å². The molecule has 34 heavy (non-hydrogen) atoms. The number of fused-ring (bicyclic) bond motifs is 1. The van der Waals surface area contributed by atoms with Crippen LogP contribution >= 0.6 is 11.3 Å². The Kier molecular flexibility index (Phi) is 4.59. The van der Waals surface area contributed by atoms with Crippen molar-refractivity contribution in [1.82, 2.24) is 24.5 Å². The highest BCUT2D eigenvalue weighted by molar-refractivity contribution is 7.09. The number of ether oxygens (including phenoxy) is 1. The maximum atomic E-state index is 13.5. The second-order valence-electron chi connectivity index (χ2n) is 10.2. The SMILES string of the molecule is Cc1nc2nc([C@H]3CCO[C@@H](c4cn(C)c(=O)s4)C3)nc(C34CC(C(F)(F)F)(C3)C4)c2nc1C. The highest BCUT2D eigenvalue weighted by atomic mass is 32.1. The number of aromatic nitrogens is 5. The van der Waals surface area contributed by atoms with E-state index in [0.717, 1.165) is 16.3 Å². The average molecular weight is 492 g/mol. The minimum absolute atomic E-state index is 0.0447. The summed E-state index contributed by atoms with van der Waals surface area (Å²) in [6.07, 6.45) is -1.18. The predicted molar refractivity (Wildman–Crippen MR) is 119 cm³/mol. The van der Waals surface area contributed by atoms with Crippen LogP contribution in [-0.4, -0.2) is 37.3 Å². The largest absolute Gasteiger partial charge is 0.394 e. The van der Waals surface area contributed by atoms with Gasteiger partial charge in [0.05, 0.1) is 33.5 Å². The third-order valence-electron chi connectivity index (χ3n) is 7.87. The van der Waals surface area contributed by atoms with Gasteiger partial charge >= 0.3 is 11.0 Å². The summed E-state index contributed by atoms with van der Waals surface area (Å²) in [5.74, 6) is 0.541. The lowest BCUT2D eigenvalue weighted by molar-refractivity contribution is -0.337. The predicted octanol–water partition coefficient (Wildman–Crippen LogP) is 4.42. The van der Waals surface area contributed by atoms with Crippen molar-refractivity contribution in [3.05, 3.63) is 43.6 Å². The van der Waals surface area contributed by atoms with Crippen LogP contribution in [0.25, 0.3) is 11.2 Å². The monoisotopic (exact) mass is 491 g/mol. The first-order valence-electron chi connectivity index (χ1n) is 11.4. The Morgan fingerprint density at radius 1 is 1.12 bits per heavy atom. The lowest BCUT2D eigenvalue weighted by Gasteiger charge is -2.70. The standard InChI is InChI=1S/C23H24F3N5O2S/c1-11-12(2)28-19-16(27-11)17(21-8-22(9-21,10-21)23(24,25)26)29-18(30-19)13-4-5-33-14(6-13)15-7-31(3)20(32)34-15/h7,13-14H,4-6,8-10H2,1-3H3/t13-,14+,21?,22?/m0/s1. The molecule has 0 radical (unpaired) electrons. The van der Waals surface area contributed by atoms with Crippen LogP contribution in [0.2, 0.25) is 0 Å². The van der Waals surface area contributed by atoms with E-state index in [9.17, 15) is 18.0 Å². The number of hydrogen-bond donors (Lipinski definition) is 0. The molecule has 7 rings (SSSR count). The van der Waals surface area contributed by atoms with Crippen molar-refractivity contribution in [3.63, 3.8) is 0 Å². The molecule has 4 aliphatic rings. The van der Waals surface area contributed by atoms with Gasteiger partial charge in [-0.1, -0.05) is 11.3 Å². The molecule has 3 aromatic heterocycles. The fourth-order valence-electron chi connectivity index (χ4n) is 5.84. The van der Waals surface area contributed by atoms with E-state index in [1.807, 2.05) is 13.8 Å². The third-order valence-corrected chi connectivity index (χ3v) is 8.94. The summed E-state index contributed by atoms with van der Waals surface area (Å²) in [6.45, 7) is 4.18. The van der Waals surface area contributed by atoms with Crippen LogP contribution in [0.4, 0.5) is 13.2 Å². The van der Waals surface area contributed by atoms with Crippen LogP contribution in [0.1, 0.15) is 71.9 Å². The molecule has 4 fully saturated rings. The minimum atomic E-state index is -4.19. The van der Waals surface area contributed by atoms with Crippen molar-refractivity contribution in [2.75, 3.05) is 6.61 Å². The molecular formula is C23H24F3N5O2S. The lowest BCUT2D eigenvalue weighted by Crippen LogP contribution is -2.70.